The minimum Gasteiger partial charge on any atom is -0.309 e. The Morgan fingerprint density at radius 2 is 1.13 bits per heavy atom. The summed E-state index contributed by atoms with van der Waals surface area (Å²) in [5, 5.41) is 7.43. The second-order valence-corrected chi connectivity index (χ2v) is 15.5. The Labute approximate surface area is 315 Å². The first kappa shape index (κ1) is 32.2. The molecule has 4 nitrogen and oxygen atoms in total. The van der Waals surface area contributed by atoms with E-state index in [4.69, 9.17) is 9.98 Å². The van der Waals surface area contributed by atoms with Crippen molar-refractivity contribution in [3.8, 4) is 27.9 Å². The number of hydrogen-bond donors (Lipinski definition) is 0. The van der Waals surface area contributed by atoms with Gasteiger partial charge in [-0.1, -0.05) is 121 Å². The van der Waals surface area contributed by atoms with E-state index in [-0.39, 0.29) is 11.1 Å². The van der Waals surface area contributed by atoms with E-state index in [0.29, 0.717) is 0 Å². The number of hydrogen-bond acceptors (Lipinski definition) is 3. The molecule has 9 aromatic rings. The first-order valence-electron chi connectivity index (χ1n) is 18.7. The number of pyridine rings is 1. The Hall–Kier alpha value is -6.52. The van der Waals surface area contributed by atoms with Crippen LogP contribution >= 0.6 is 0 Å². The van der Waals surface area contributed by atoms with Gasteiger partial charge in [0.1, 0.15) is 11.7 Å². The van der Waals surface area contributed by atoms with Crippen LogP contribution in [0.2, 0.25) is 0 Å². The minimum atomic E-state index is -0.307. The molecular weight excluding hydrogens is 657 g/mol. The van der Waals surface area contributed by atoms with Gasteiger partial charge in [0.15, 0.2) is 0 Å². The summed E-state index contributed by atoms with van der Waals surface area (Å²) >= 11 is 0. The van der Waals surface area contributed by atoms with Gasteiger partial charge in [0.25, 0.3) is 0 Å². The summed E-state index contributed by atoms with van der Waals surface area (Å²) in [4.78, 5) is 12.8. The van der Waals surface area contributed by atoms with E-state index in [0.717, 1.165) is 34.0 Å². The van der Waals surface area contributed by atoms with Crippen LogP contribution in [-0.2, 0) is 0 Å². The van der Waals surface area contributed by atoms with Crippen molar-refractivity contribution in [1.29, 1.82) is 0 Å². The van der Waals surface area contributed by atoms with E-state index in [9.17, 15) is 0 Å². The number of benzene rings is 7. The lowest BCUT2D eigenvalue weighted by atomic mass is 9.83. The molecule has 3 heterocycles. The summed E-state index contributed by atoms with van der Waals surface area (Å²) < 4.78 is 2.43. The molecule has 1 aliphatic heterocycles. The largest absolute Gasteiger partial charge is 0.309 e. The van der Waals surface area contributed by atoms with E-state index >= 15 is 0 Å². The number of para-hydroxylation sites is 1. The highest BCUT2D eigenvalue weighted by Gasteiger charge is 2.50. The van der Waals surface area contributed by atoms with E-state index in [1.165, 1.54) is 54.5 Å². The van der Waals surface area contributed by atoms with Gasteiger partial charge in [-0.2, -0.15) is 0 Å². The van der Waals surface area contributed by atoms with Crippen molar-refractivity contribution in [2.45, 2.75) is 38.8 Å². The molecule has 1 aliphatic rings. The summed E-state index contributed by atoms with van der Waals surface area (Å²) in [5.41, 5.74) is 8.63. The van der Waals surface area contributed by atoms with E-state index in [1.54, 1.807) is 0 Å². The summed E-state index contributed by atoms with van der Waals surface area (Å²) in [7, 11) is 0. The molecule has 0 unspecified atom stereocenters. The van der Waals surface area contributed by atoms with E-state index < -0.39 is 0 Å². The third kappa shape index (κ3) is 4.90. The molecule has 0 amide bonds. The molecule has 2 aromatic heterocycles. The summed E-state index contributed by atoms with van der Waals surface area (Å²) in [6, 6.07) is 59.1. The lowest BCUT2D eigenvalue weighted by Crippen LogP contribution is -2.53. The zero-order valence-corrected chi connectivity index (χ0v) is 31.0. The molecule has 4 heteroatoms. The SMILES string of the molecule is CC1(C)N=C(c2ccccc2)N(c2ccc(-c3cc4c(c5ccccc35)c3ccc(-c5ccc6ccccc6c5)cc3n4-c3ccccc3)cn2)C1(C)C. The first-order valence-corrected chi connectivity index (χ1v) is 18.7. The summed E-state index contributed by atoms with van der Waals surface area (Å²) in [6.45, 7) is 8.94. The number of aromatic nitrogens is 2. The average Bonchev–Trinajstić information content (AvgIpc) is 3.64. The average molecular weight is 697 g/mol. The van der Waals surface area contributed by atoms with Gasteiger partial charge < -0.3 is 9.47 Å². The Morgan fingerprint density at radius 3 is 1.89 bits per heavy atom. The van der Waals surface area contributed by atoms with Crippen LogP contribution in [0.4, 0.5) is 5.82 Å². The van der Waals surface area contributed by atoms with Crippen molar-refractivity contribution in [2.24, 2.45) is 4.99 Å². The van der Waals surface area contributed by atoms with Gasteiger partial charge in [-0.3, -0.25) is 4.99 Å². The number of aliphatic imine (C=N–C) groups is 1. The highest BCUT2D eigenvalue weighted by Crippen LogP contribution is 2.44. The van der Waals surface area contributed by atoms with Crippen molar-refractivity contribution in [3.05, 3.63) is 176 Å². The fourth-order valence-corrected chi connectivity index (χ4v) is 8.36. The second kappa shape index (κ2) is 12.0. The highest BCUT2D eigenvalue weighted by molar-refractivity contribution is 6.24. The first-order chi connectivity index (χ1) is 26.3. The number of nitrogens with zero attached hydrogens (tertiary/aromatic N) is 4. The standard InChI is InChI=1S/C50H40N4/c1-49(2)50(3,4)54(48(52-49)34-16-7-5-8-17-34)46-28-26-38(32-51-46)43-31-45-47(41-22-14-13-21-40(41)43)42-27-25-37(30-44(42)53(45)39-19-9-6-10-20-39)36-24-23-33-15-11-12-18-35(33)29-36/h5-32H,1-4H3. The molecule has 0 N–H and O–H groups in total. The number of anilines is 1. The van der Waals surface area contributed by atoms with Crippen LogP contribution in [0.1, 0.15) is 33.3 Å². The Morgan fingerprint density at radius 1 is 0.481 bits per heavy atom. The van der Waals surface area contributed by atoms with Crippen LogP contribution in [0.5, 0.6) is 0 Å². The smallest absolute Gasteiger partial charge is 0.137 e. The van der Waals surface area contributed by atoms with Crippen molar-refractivity contribution in [1.82, 2.24) is 9.55 Å². The monoisotopic (exact) mass is 696 g/mol. The molecule has 0 atom stereocenters. The van der Waals surface area contributed by atoms with Crippen molar-refractivity contribution >= 4 is 55.0 Å². The fourth-order valence-electron chi connectivity index (χ4n) is 8.36. The molecule has 0 aliphatic carbocycles. The number of fused-ring (bicyclic) bond motifs is 6. The zero-order chi connectivity index (χ0) is 36.6. The maximum Gasteiger partial charge on any atom is 0.137 e. The highest BCUT2D eigenvalue weighted by atomic mass is 15.4. The van der Waals surface area contributed by atoms with Gasteiger partial charge in [0.05, 0.1) is 22.1 Å². The van der Waals surface area contributed by atoms with Crippen LogP contribution in [0.25, 0.3) is 71.3 Å². The topological polar surface area (TPSA) is 33.4 Å². The molecule has 0 bridgehead atoms. The molecule has 260 valence electrons. The van der Waals surface area contributed by atoms with Gasteiger partial charge in [-0.15, -0.1) is 0 Å². The molecule has 0 radical (unpaired) electrons. The number of amidine groups is 1. The van der Waals surface area contributed by atoms with Crippen LogP contribution in [-0.4, -0.2) is 26.5 Å². The van der Waals surface area contributed by atoms with Crippen LogP contribution < -0.4 is 4.90 Å². The minimum absolute atomic E-state index is 0.291. The Balaban J connectivity index is 1.17. The fraction of sp³-hybridized carbons (Fsp3) is 0.120. The lowest BCUT2D eigenvalue weighted by molar-refractivity contribution is 0.337. The zero-order valence-electron chi connectivity index (χ0n) is 31.0. The molecule has 10 rings (SSSR count). The van der Waals surface area contributed by atoms with Gasteiger partial charge in [-0.25, -0.2) is 4.98 Å². The summed E-state index contributed by atoms with van der Waals surface area (Å²) in [6.07, 6.45) is 2.04. The van der Waals surface area contributed by atoms with Gasteiger partial charge in [-0.05, 0) is 108 Å². The molecule has 0 saturated heterocycles. The maximum absolute atomic E-state index is 5.25. The van der Waals surface area contributed by atoms with Crippen LogP contribution in [0.3, 0.4) is 0 Å². The normalized spacial score (nSPS) is 15.0. The molecular formula is C50H40N4. The predicted molar refractivity (Wildman–Crippen MR) is 228 cm³/mol. The molecule has 7 aromatic carbocycles. The second-order valence-electron chi connectivity index (χ2n) is 15.5. The molecule has 0 saturated carbocycles. The van der Waals surface area contributed by atoms with Gasteiger partial charge in [0, 0.05) is 33.8 Å². The summed E-state index contributed by atoms with van der Waals surface area (Å²) in [5.74, 6) is 1.84. The Kier molecular flexibility index (Phi) is 7.15. The van der Waals surface area contributed by atoms with Crippen LogP contribution in [0, 0.1) is 0 Å². The van der Waals surface area contributed by atoms with E-state index in [2.05, 4.69) is 201 Å². The third-order valence-corrected chi connectivity index (χ3v) is 11.8. The maximum atomic E-state index is 5.25. The third-order valence-electron chi connectivity index (χ3n) is 11.8. The van der Waals surface area contributed by atoms with Gasteiger partial charge in [0.2, 0.25) is 0 Å². The van der Waals surface area contributed by atoms with Crippen molar-refractivity contribution in [3.63, 3.8) is 0 Å². The predicted octanol–water partition coefficient (Wildman–Crippen LogP) is 12.6. The molecule has 0 spiro atoms. The molecule has 54 heavy (non-hydrogen) atoms. The van der Waals surface area contributed by atoms with E-state index in [1.807, 2.05) is 6.20 Å². The van der Waals surface area contributed by atoms with Crippen molar-refractivity contribution < 1.29 is 0 Å². The van der Waals surface area contributed by atoms with Crippen LogP contribution in [0.15, 0.2) is 175 Å². The quantitative estimate of drug-likeness (QED) is 0.179. The molecule has 0 fully saturated rings. The van der Waals surface area contributed by atoms with Gasteiger partial charge >= 0.3 is 0 Å². The number of rotatable bonds is 5. The Bertz CT molecular complexity index is 2920. The van der Waals surface area contributed by atoms with Crippen molar-refractivity contribution in [2.75, 3.05) is 4.90 Å². The lowest BCUT2D eigenvalue weighted by Gasteiger charge is -2.40.